The molecule has 0 spiro atoms. The Balaban J connectivity index is 0.00000204. The number of fused-ring (bicyclic) bond motifs is 2. The van der Waals surface area contributed by atoms with Gasteiger partial charge in [0.15, 0.2) is 0 Å². The van der Waals surface area contributed by atoms with Crippen molar-refractivity contribution in [2.45, 2.75) is 13.0 Å². The van der Waals surface area contributed by atoms with E-state index in [1.54, 1.807) is 0 Å². The van der Waals surface area contributed by atoms with E-state index in [0.29, 0.717) is 0 Å². The molecule has 5 aromatic rings. The third-order valence-electron chi connectivity index (χ3n) is 5.75. The van der Waals surface area contributed by atoms with E-state index in [1.807, 2.05) is 16.9 Å². The molecule has 6 nitrogen and oxygen atoms in total. The summed E-state index contributed by atoms with van der Waals surface area (Å²) < 4.78 is 1.83. The van der Waals surface area contributed by atoms with Crippen molar-refractivity contribution in [2.24, 2.45) is 0 Å². The fourth-order valence-electron chi connectivity index (χ4n) is 4.13. The minimum Gasteiger partial charge on any atom is -0.312 e. The second kappa shape index (κ2) is 7.98. The molecule has 0 saturated heterocycles. The van der Waals surface area contributed by atoms with Crippen LogP contribution in [0.4, 0.5) is 0 Å². The maximum Gasteiger partial charge on any atom is 0.134 e. The SMILES string of the molecule is Cl.c1ccc(-c2ccc3[nH]nc(-c4cn(-c5ccc6c(c5)CNCC6)nn4)c3c2)cc1. The summed E-state index contributed by atoms with van der Waals surface area (Å²) in [4.78, 5) is 0. The molecule has 3 aromatic carbocycles. The van der Waals surface area contributed by atoms with Crippen LogP contribution in [0.15, 0.2) is 72.9 Å². The average molecular weight is 429 g/mol. The van der Waals surface area contributed by atoms with Crippen molar-refractivity contribution in [1.29, 1.82) is 0 Å². The number of H-pyrrole nitrogens is 1. The Hall–Kier alpha value is -3.48. The van der Waals surface area contributed by atoms with Gasteiger partial charge in [0.1, 0.15) is 11.4 Å². The highest BCUT2D eigenvalue weighted by atomic mass is 35.5. The molecule has 154 valence electrons. The van der Waals surface area contributed by atoms with Gasteiger partial charge in [-0.05, 0) is 59.5 Å². The minimum absolute atomic E-state index is 0. The van der Waals surface area contributed by atoms with Gasteiger partial charge in [0.25, 0.3) is 0 Å². The van der Waals surface area contributed by atoms with Crippen molar-refractivity contribution in [3.8, 4) is 28.2 Å². The lowest BCUT2D eigenvalue weighted by Crippen LogP contribution is -2.23. The lowest BCUT2D eigenvalue weighted by atomic mass is 10.0. The summed E-state index contributed by atoms with van der Waals surface area (Å²) in [7, 11) is 0. The fraction of sp³-hybridized carbons (Fsp3) is 0.125. The molecule has 1 aliphatic rings. The molecule has 0 amide bonds. The number of rotatable bonds is 3. The zero-order chi connectivity index (χ0) is 19.9. The zero-order valence-electron chi connectivity index (χ0n) is 16.7. The maximum absolute atomic E-state index is 4.53. The van der Waals surface area contributed by atoms with E-state index in [0.717, 1.165) is 53.1 Å². The fourth-order valence-corrected chi connectivity index (χ4v) is 4.13. The summed E-state index contributed by atoms with van der Waals surface area (Å²) in [6.07, 6.45) is 3.02. The largest absolute Gasteiger partial charge is 0.312 e. The molecule has 0 fully saturated rings. The predicted octanol–water partition coefficient (Wildman–Crippen LogP) is 4.55. The summed E-state index contributed by atoms with van der Waals surface area (Å²) in [6, 6.07) is 23.2. The van der Waals surface area contributed by atoms with Crippen LogP contribution >= 0.6 is 12.4 Å². The number of aromatic amines is 1. The van der Waals surface area contributed by atoms with Crippen LogP contribution in [0.3, 0.4) is 0 Å². The third kappa shape index (κ3) is 3.50. The van der Waals surface area contributed by atoms with Crippen molar-refractivity contribution in [3.63, 3.8) is 0 Å². The summed E-state index contributed by atoms with van der Waals surface area (Å²) in [5.74, 6) is 0. The first kappa shape index (κ1) is 19.5. The first-order valence-corrected chi connectivity index (χ1v) is 10.1. The number of halogens is 1. The van der Waals surface area contributed by atoms with Gasteiger partial charge in [0, 0.05) is 11.9 Å². The molecular formula is C24H21ClN6. The van der Waals surface area contributed by atoms with E-state index in [4.69, 9.17) is 0 Å². The lowest BCUT2D eigenvalue weighted by molar-refractivity contribution is 0.642. The summed E-state index contributed by atoms with van der Waals surface area (Å²) in [6.45, 7) is 1.94. The molecule has 7 heteroatoms. The summed E-state index contributed by atoms with van der Waals surface area (Å²) in [5, 5.41) is 20.9. The van der Waals surface area contributed by atoms with Crippen LogP contribution in [0, 0.1) is 0 Å². The molecule has 3 heterocycles. The van der Waals surface area contributed by atoms with Crippen LogP contribution in [0.5, 0.6) is 0 Å². The van der Waals surface area contributed by atoms with E-state index in [-0.39, 0.29) is 12.4 Å². The van der Waals surface area contributed by atoms with Crippen LogP contribution in [0.25, 0.3) is 39.1 Å². The van der Waals surface area contributed by atoms with Crippen molar-refractivity contribution in [1.82, 2.24) is 30.5 Å². The van der Waals surface area contributed by atoms with Gasteiger partial charge in [-0.2, -0.15) is 5.10 Å². The third-order valence-corrected chi connectivity index (χ3v) is 5.75. The monoisotopic (exact) mass is 428 g/mol. The zero-order valence-corrected chi connectivity index (χ0v) is 17.6. The Labute approximate surface area is 185 Å². The van der Waals surface area contributed by atoms with Crippen LogP contribution in [0.2, 0.25) is 0 Å². The predicted molar refractivity (Wildman–Crippen MR) is 125 cm³/mol. The number of benzene rings is 3. The van der Waals surface area contributed by atoms with E-state index < -0.39 is 0 Å². The Kier molecular flexibility index (Phi) is 5.02. The lowest BCUT2D eigenvalue weighted by Gasteiger charge is -2.17. The van der Waals surface area contributed by atoms with E-state index in [9.17, 15) is 0 Å². The quantitative estimate of drug-likeness (QED) is 0.442. The second-order valence-corrected chi connectivity index (χ2v) is 7.63. The average Bonchev–Trinajstić information content (AvgIpc) is 3.46. The smallest absolute Gasteiger partial charge is 0.134 e. The van der Waals surface area contributed by atoms with Crippen molar-refractivity contribution < 1.29 is 0 Å². The first-order chi connectivity index (χ1) is 14.8. The number of hydrogen-bond donors (Lipinski definition) is 2. The molecule has 6 rings (SSSR count). The highest BCUT2D eigenvalue weighted by Gasteiger charge is 2.15. The normalized spacial score (nSPS) is 13.0. The molecule has 0 atom stereocenters. The van der Waals surface area contributed by atoms with Crippen LogP contribution in [-0.2, 0) is 13.0 Å². The van der Waals surface area contributed by atoms with Gasteiger partial charge in [-0.1, -0.05) is 47.7 Å². The first-order valence-electron chi connectivity index (χ1n) is 10.1. The molecule has 2 aromatic heterocycles. The standard InChI is InChI=1S/C24H20N6.ClH/c1-2-4-16(5-3-1)18-7-9-22-21(13-18)24(28-26-22)23-15-30(29-27-23)20-8-6-17-10-11-25-14-19(17)12-20;/h1-9,12-13,15,25H,10-11,14H2,(H,26,28);1H. The maximum atomic E-state index is 4.53. The molecule has 0 unspecified atom stereocenters. The van der Waals surface area contributed by atoms with Gasteiger partial charge < -0.3 is 5.32 Å². The highest BCUT2D eigenvalue weighted by molar-refractivity contribution is 5.94. The van der Waals surface area contributed by atoms with Gasteiger partial charge in [-0.3, -0.25) is 5.10 Å². The Morgan fingerprint density at radius 2 is 1.77 bits per heavy atom. The van der Waals surface area contributed by atoms with E-state index in [1.165, 1.54) is 16.7 Å². The Bertz CT molecular complexity index is 1360. The van der Waals surface area contributed by atoms with Crippen molar-refractivity contribution in [2.75, 3.05) is 6.54 Å². The summed E-state index contributed by atoms with van der Waals surface area (Å²) in [5.41, 5.74) is 8.63. The van der Waals surface area contributed by atoms with E-state index in [2.05, 4.69) is 86.5 Å². The Morgan fingerprint density at radius 1 is 0.871 bits per heavy atom. The molecule has 1 aliphatic heterocycles. The number of hydrogen-bond acceptors (Lipinski definition) is 4. The van der Waals surface area contributed by atoms with Gasteiger partial charge in [0.05, 0.1) is 17.4 Å². The topological polar surface area (TPSA) is 71.4 Å². The molecule has 31 heavy (non-hydrogen) atoms. The van der Waals surface area contributed by atoms with Crippen LogP contribution < -0.4 is 5.32 Å². The summed E-state index contributed by atoms with van der Waals surface area (Å²) >= 11 is 0. The Morgan fingerprint density at radius 3 is 2.68 bits per heavy atom. The molecule has 0 radical (unpaired) electrons. The molecular weight excluding hydrogens is 408 g/mol. The number of nitrogens with zero attached hydrogens (tertiary/aromatic N) is 4. The number of nitrogens with one attached hydrogen (secondary N) is 2. The van der Waals surface area contributed by atoms with Crippen molar-refractivity contribution >= 4 is 23.3 Å². The van der Waals surface area contributed by atoms with Gasteiger partial charge in [-0.15, -0.1) is 17.5 Å². The van der Waals surface area contributed by atoms with Crippen molar-refractivity contribution in [3.05, 3.63) is 84.1 Å². The molecule has 0 aliphatic carbocycles. The van der Waals surface area contributed by atoms with Crippen LogP contribution in [-0.4, -0.2) is 31.7 Å². The molecule has 0 saturated carbocycles. The van der Waals surface area contributed by atoms with E-state index >= 15 is 0 Å². The van der Waals surface area contributed by atoms with Gasteiger partial charge in [0.2, 0.25) is 0 Å². The molecule has 2 N–H and O–H groups in total. The van der Waals surface area contributed by atoms with Gasteiger partial charge >= 0.3 is 0 Å². The number of aromatic nitrogens is 5. The second-order valence-electron chi connectivity index (χ2n) is 7.63. The minimum atomic E-state index is 0. The van der Waals surface area contributed by atoms with Crippen LogP contribution in [0.1, 0.15) is 11.1 Å². The molecule has 0 bridgehead atoms. The highest BCUT2D eigenvalue weighted by Crippen LogP contribution is 2.30. The van der Waals surface area contributed by atoms with Gasteiger partial charge in [-0.25, -0.2) is 4.68 Å².